The number of nitrogens with two attached hydrogens (primary N) is 1. The van der Waals surface area contributed by atoms with Crippen molar-refractivity contribution in [3.05, 3.63) is 0 Å². The molecule has 0 unspecified atom stereocenters. The molecule has 0 spiro atoms. The van der Waals surface area contributed by atoms with Crippen molar-refractivity contribution >= 4 is 25.7 Å². The zero-order chi connectivity index (χ0) is 18.5. The number of unbranched alkanes of at least 4 members (excludes halogenated alkanes) is 15. The lowest BCUT2D eigenvalue weighted by Gasteiger charge is -2.03. The molecular formula is C18H41BNO2PS. The number of hydrogen-bond acceptors (Lipinski definition) is 2. The van der Waals surface area contributed by atoms with E-state index >= 15 is 0 Å². The molecule has 6 heteroatoms. The molecule has 0 rings (SSSR count). The molecule has 0 heterocycles. The van der Waals surface area contributed by atoms with Crippen molar-refractivity contribution in [3.63, 3.8) is 0 Å². The Morgan fingerprint density at radius 3 is 1.08 bits per heavy atom. The molecule has 0 aliphatic rings. The standard InChI is InChI=1S/C18H39N.BH2O2PS/c1-2-3-4-5-6-7-8-9-10-11-12-13-14-15-16-17-18-19;1-4(2,3)5/h2-19H2,1H3;(H2,2,3,5). The number of hydrogen-bond donors (Lipinski definition) is 3. The summed E-state index contributed by atoms with van der Waals surface area (Å²) in [6.45, 7) is 3.16. The smallest absolute Gasteiger partial charge is 0.199 e. The van der Waals surface area contributed by atoms with Gasteiger partial charge in [0.1, 0.15) is 6.37 Å². The van der Waals surface area contributed by atoms with Gasteiger partial charge < -0.3 is 15.5 Å². The van der Waals surface area contributed by atoms with Crippen molar-refractivity contribution < 1.29 is 9.79 Å². The zero-order valence-corrected chi connectivity index (χ0v) is 17.6. The third-order valence-corrected chi connectivity index (χ3v) is 4.06. The van der Waals surface area contributed by atoms with Gasteiger partial charge in [-0.2, -0.15) is 0 Å². The highest BCUT2D eigenvalue weighted by molar-refractivity contribution is 8.20. The molecule has 0 aromatic carbocycles. The monoisotopic (exact) mass is 377 g/mol. The fourth-order valence-electron chi connectivity index (χ4n) is 2.69. The highest BCUT2D eigenvalue weighted by Crippen LogP contribution is 2.25. The first-order valence-electron chi connectivity index (χ1n) is 9.96. The van der Waals surface area contributed by atoms with Crippen LogP contribution in [0, 0.1) is 0 Å². The molecule has 2 radical (unpaired) electrons. The summed E-state index contributed by atoms with van der Waals surface area (Å²) < 4.78 is 0. The molecule has 4 N–H and O–H groups in total. The molecule has 144 valence electrons. The van der Waals surface area contributed by atoms with Gasteiger partial charge in [0.05, 0.1) is 0 Å². The van der Waals surface area contributed by atoms with Gasteiger partial charge in [-0.1, -0.05) is 103 Å². The fourth-order valence-corrected chi connectivity index (χ4v) is 2.69. The summed E-state index contributed by atoms with van der Waals surface area (Å²) in [5, 5.41) is 0. The molecule has 0 aromatic rings. The molecule has 0 saturated heterocycles. The van der Waals surface area contributed by atoms with Gasteiger partial charge in [-0.15, -0.1) is 0 Å². The van der Waals surface area contributed by atoms with Crippen LogP contribution in [0.5, 0.6) is 0 Å². The van der Waals surface area contributed by atoms with Gasteiger partial charge in [0.2, 0.25) is 0 Å². The van der Waals surface area contributed by atoms with E-state index in [-0.39, 0.29) is 0 Å². The molecule has 0 amide bonds. The summed E-state index contributed by atoms with van der Waals surface area (Å²) in [5.41, 5.74) is 5.48. The van der Waals surface area contributed by atoms with Crippen LogP contribution in [0.1, 0.15) is 110 Å². The van der Waals surface area contributed by atoms with E-state index in [0.717, 1.165) is 6.54 Å². The molecule has 24 heavy (non-hydrogen) atoms. The van der Waals surface area contributed by atoms with Gasteiger partial charge in [-0.25, -0.2) is 0 Å². The van der Waals surface area contributed by atoms with Crippen LogP contribution < -0.4 is 5.73 Å². The van der Waals surface area contributed by atoms with Gasteiger partial charge in [0.25, 0.3) is 0 Å². The number of rotatable bonds is 16. The predicted molar refractivity (Wildman–Crippen MR) is 113 cm³/mol. The Labute approximate surface area is 157 Å². The van der Waals surface area contributed by atoms with Crippen molar-refractivity contribution in [2.45, 2.75) is 110 Å². The summed E-state index contributed by atoms with van der Waals surface area (Å²) in [7, 11) is 4.39. The van der Waals surface area contributed by atoms with E-state index in [0.29, 0.717) is 0 Å². The summed E-state index contributed by atoms with van der Waals surface area (Å²) in [6, 6.07) is 0. The summed E-state index contributed by atoms with van der Waals surface area (Å²) >= 11 is 3.83. The lowest BCUT2D eigenvalue weighted by atomic mass is 10.0. The second-order valence-electron chi connectivity index (χ2n) is 6.68. The van der Waals surface area contributed by atoms with Crippen molar-refractivity contribution in [1.82, 2.24) is 0 Å². The van der Waals surface area contributed by atoms with Crippen LogP contribution in [0.2, 0.25) is 0 Å². The molecule has 0 fully saturated rings. The quantitative estimate of drug-likeness (QED) is 0.187. The van der Waals surface area contributed by atoms with Crippen LogP contribution in [0.3, 0.4) is 0 Å². The average molecular weight is 377 g/mol. The molecule has 0 bridgehead atoms. The van der Waals surface area contributed by atoms with E-state index in [1.165, 1.54) is 103 Å². The zero-order valence-electron chi connectivity index (χ0n) is 15.9. The van der Waals surface area contributed by atoms with Crippen LogP contribution in [-0.4, -0.2) is 23.9 Å². The molecule has 0 aromatic heterocycles. The normalized spacial score (nSPS) is 11.2. The maximum absolute atomic E-state index is 7.78. The van der Waals surface area contributed by atoms with Crippen LogP contribution in [-0.2, 0) is 11.8 Å². The Morgan fingerprint density at radius 2 is 0.875 bits per heavy atom. The van der Waals surface area contributed by atoms with Crippen molar-refractivity contribution in [2.75, 3.05) is 6.54 Å². The van der Waals surface area contributed by atoms with Gasteiger partial charge in [0, 0.05) is 0 Å². The van der Waals surface area contributed by atoms with E-state index in [4.69, 9.17) is 15.5 Å². The molecule has 0 saturated carbocycles. The van der Waals surface area contributed by atoms with E-state index in [2.05, 4.69) is 26.3 Å². The first kappa shape index (κ1) is 26.8. The minimum atomic E-state index is -3.31. The van der Waals surface area contributed by atoms with Crippen molar-refractivity contribution in [3.8, 4) is 0 Å². The van der Waals surface area contributed by atoms with Gasteiger partial charge >= 0.3 is 0 Å². The first-order valence-corrected chi connectivity index (χ1v) is 12.7. The second kappa shape index (κ2) is 21.6. The highest BCUT2D eigenvalue weighted by Gasteiger charge is 1.94. The minimum absolute atomic E-state index is 0.873. The Hall–Kier alpha value is 0.595. The Kier molecular flexibility index (Phi) is 24.2. The Balaban J connectivity index is 0. The van der Waals surface area contributed by atoms with E-state index in [1.807, 2.05) is 0 Å². The molecule has 0 aliphatic heterocycles. The lowest BCUT2D eigenvalue weighted by Crippen LogP contribution is -1.97. The van der Waals surface area contributed by atoms with E-state index < -0.39 is 6.37 Å². The molecular weight excluding hydrogens is 336 g/mol. The van der Waals surface area contributed by atoms with Crippen molar-refractivity contribution in [1.29, 1.82) is 0 Å². The van der Waals surface area contributed by atoms with Gasteiger partial charge in [0.15, 0.2) is 7.57 Å². The van der Waals surface area contributed by atoms with Crippen LogP contribution in [0.4, 0.5) is 0 Å². The average Bonchev–Trinajstić information content (AvgIpc) is 2.49. The fraction of sp³-hybridized carbons (Fsp3) is 1.00. The van der Waals surface area contributed by atoms with Gasteiger partial charge in [-0.05, 0) is 24.8 Å². The molecule has 3 nitrogen and oxygen atoms in total. The van der Waals surface area contributed by atoms with E-state index in [9.17, 15) is 0 Å². The molecule has 0 atom stereocenters. The topological polar surface area (TPSA) is 66.5 Å². The van der Waals surface area contributed by atoms with Crippen LogP contribution in [0.15, 0.2) is 0 Å². The Morgan fingerprint density at radius 1 is 0.667 bits per heavy atom. The summed E-state index contributed by atoms with van der Waals surface area (Å²) in [4.78, 5) is 15.6. The maximum atomic E-state index is 7.78. The van der Waals surface area contributed by atoms with E-state index in [1.54, 1.807) is 0 Å². The predicted octanol–water partition coefficient (Wildman–Crippen LogP) is 5.57. The van der Waals surface area contributed by atoms with Gasteiger partial charge in [-0.3, -0.25) is 0 Å². The molecule has 0 aliphatic carbocycles. The SMILES string of the molecule is CCCCCCCCCCCCCCCCCCN.[B]P(O)(O)=S. The third-order valence-electron chi connectivity index (χ3n) is 4.06. The minimum Gasteiger partial charge on any atom is -0.353 e. The third kappa shape index (κ3) is 38.3. The largest absolute Gasteiger partial charge is 0.353 e. The highest BCUT2D eigenvalue weighted by atomic mass is 32.4. The lowest BCUT2D eigenvalue weighted by molar-refractivity contribution is 0.500. The second-order valence-corrected chi connectivity index (χ2v) is 9.47. The Bertz CT molecular complexity index is 253. The summed E-state index contributed by atoms with van der Waals surface area (Å²) in [5.74, 6) is 0. The first-order chi connectivity index (χ1) is 11.4. The van der Waals surface area contributed by atoms with Crippen molar-refractivity contribution in [2.24, 2.45) is 5.73 Å². The van der Waals surface area contributed by atoms with Crippen LogP contribution >= 0.6 is 6.37 Å². The summed E-state index contributed by atoms with van der Waals surface area (Å²) in [6.07, 6.45) is 19.5. The van der Waals surface area contributed by atoms with Crippen LogP contribution in [0.25, 0.3) is 0 Å². The maximum Gasteiger partial charge on any atom is 0.199 e.